The van der Waals surface area contributed by atoms with Crippen LogP contribution in [-0.4, -0.2) is 16.1 Å². The highest BCUT2D eigenvalue weighted by molar-refractivity contribution is 9.10. The van der Waals surface area contributed by atoms with Crippen LogP contribution in [0.3, 0.4) is 0 Å². The van der Waals surface area contributed by atoms with Gasteiger partial charge in [0.2, 0.25) is 0 Å². The summed E-state index contributed by atoms with van der Waals surface area (Å²) >= 11 is 3.36. The molecule has 0 aliphatic carbocycles. The maximum absolute atomic E-state index is 9.26. The SMILES string of the molecule is Cc1nc(Br)ccc1NC(C)Cc1ccc(O)cc1. The second kappa shape index (κ2) is 6.06. The summed E-state index contributed by atoms with van der Waals surface area (Å²) in [5.74, 6) is 0.303. The molecule has 100 valence electrons. The van der Waals surface area contributed by atoms with E-state index in [9.17, 15) is 5.11 Å². The topological polar surface area (TPSA) is 45.2 Å². The number of phenols is 1. The zero-order valence-corrected chi connectivity index (χ0v) is 12.6. The van der Waals surface area contributed by atoms with Crippen LogP contribution in [0.2, 0.25) is 0 Å². The fourth-order valence-electron chi connectivity index (χ4n) is 1.99. The number of anilines is 1. The summed E-state index contributed by atoms with van der Waals surface area (Å²) in [6.45, 7) is 4.12. The maximum Gasteiger partial charge on any atom is 0.115 e. The Bertz CT molecular complexity index is 555. The van der Waals surface area contributed by atoms with Crippen molar-refractivity contribution < 1.29 is 5.11 Å². The lowest BCUT2D eigenvalue weighted by Gasteiger charge is -2.17. The van der Waals surface area contributed by atoms with Gasteiger partial charge in [-0.15, -0.1) is 0 Å². The third-order valence-corrected chi connectivity index (χ3v) is 3.37. The van der Waals surface area contributed by atoms with Crippen molar-refractivity contribution in [2.24, 2.45) is 0 Å². The van der Waals surface area contributed by atoms with Gasteiger partial charge in [0.25, 0.3) is 0 Å². The lowest BCUT2D eigenvalue weighted by molar-refractivity contribution is 0.475. The number of aromatic nitrogens is 1. The minimum atomic E-state index is 0.297. The summed E-state index contributed by atoms with van der Waals surface area (Å²) in [4.78, 5) is 4.37. The van der Waals surface area contributed by atoms with Crippen LogP contribution >= 0.6 is 15.9 Å². The average Bonchev–Trinajstić information content (AvgIpc) is 2.36. The van der Waals surface area contributed by atoms with E-state index in [1.165, 1.54) is 5.56 Å². The maximum atomic E-state index is 9.26. The van der Waals surface area contributed by atoms with E-state index in [1.54, 1.807) is 12.1 Å². The number of nitrogens with zero attached hydrogens (tertiary/aromatic N) is 1. The monoisotopic (exact) mass is 320 g/mol. The van der Waals surface area contributed by atoms with Crippen molar-refractivity contribution in [2.75, 3.05) is 5.32 Å². The van der Waals surface area contributed by atoms with E-state index >= 15 is 0 Å². The van der Waals surface area contributed by atoms with Gasteiger partial charge in [-0.05, 0) is 66.0 Å². The molecule has 1 unspecified atom stereocenters. The van der Waals surface area contributed by atoms with Crippen LogP contribution in [0.1, 0.15) is 18.2 Å². The summed E-state index contributed by atoms with van der Waals surface area (Å²) in [5, 5.41) is 12.7. The Morgan fingerprint density at radius 1 is 1.21 bits per heavy atom. The third-order valence-electron chi connectivity index (χ3n) is 2.93. The van der Waals surface area contributed by atoms with Crippen molar-refractivity contribution in [3.05, 3.63) is 52.3 Å². The first-order chi connectivity index (χ1) is 9.04. The summed E-state index contributed by atoms with van der Waals surface area (Å²) in [5.41, 5.74) is 3.22. The Hall–Kier alpha value is -1.55. The normalized spacial score (nSPS) is 12.2. The number of rotatable bonds is 4. The fourth-order valence-corrected chi connectivity index (χ4v) is 2.38. The Kier molecular flexibility index (Phi) is 4.43. The lowest BCUT2D eigenvalue weighted by Crippen LogP contribution is -2.18. The van der Waals surface area contributed by atoms with E-state index < -0.39 is 0 Å². The van der Waals surface area contributed by atoms with Gasteiger partial charge in [-0.25, -0.2) is 4.98 Å². The van der Waals surface area contributed by atoms with Crippen LogP contribution in [0.5, 0.6) is 5.75 Å². The van der Waals surface area contributed by atoms with Gasteiger partial charge in [-0.2, -0.15) is 0 Å². The number of hydrogen-bond donors (Lipinski definition) is 2. The predicted octanol–water partition coefficient (Wildman–Crippen LogP) is 3.90. The van der Waals surface area contributed by atoms with Crippen LogP contribution in [0.25, 0.3) is 0 Å². The van der Waals surface area contributed by atoms with Crippen LogP contribution in [0.4, 0.5) is 5.69 Å². The zero-order valence-electron chi connectivity index (χ0n) is 11.0. The summed E-state index contributed by atoms with van der Waals surface area (Å²) in [6, 6.07) is 11.6. The number of halogens is 1. The number of pyridine rings is 1. The van der Waals surface area contributed by atoms with Gasteiger partial charge in [0, 0.05) is 6.04 Å². The van der Waals surface area contributed by atoms with E-state index in [0.29, 0.717) is 11.8 Å². The second-order valence-corrected chi connectivity index (χ2v) is 5.50. The molecule has 0 saturated heterocycles. The molecule has 0 spiro atoms. The molecule has 0 amide bonds. The van der Waals surface area contributed by atoms with Crippen molar-refractivity contribution in [3.8, 4) is 5.75 Å². The highest BCUT2D eigenvalue weighted by atomic mass is 79.9. The molecule has 4 heteroatoms. The van der Waals surface area contributed by atoms with E-state index in [4.69, 9.17) is 0 Å². The molecule has 2 aromatic rings. The Morgan fingerprint density at radius 3 is 2.53 bits per heavy atom. The standard InChI is InChI=1S/C15H17BrN2O/c1-10(9-12-3-5-13(19)6-4-12)17-14-7-8-15(16)18-11(14)2/h3-8,10,17,19H,9H2,1-2H3. The highest BCUT2D eigenvalue weighted by Gasteiger charge is 2.06. The zero-order chi connectivity index (χ0) is 13.8. The van der Waals surface area contributed by atoms with E-state index in [1.807, 2.05) is 31.2 Å². The molecule has 1 atom stereocenters. The molecule has 0 aliphatic heterocycles. The van der Waals surface area contributed by atoms with Crippen molar-refractivity contribution in [2.45, 2.75) is 26.3 Å². The number of hydrogen-bond acceptors (Lipinski definition) is 3. The molecule has 0 saturated carbocycles. The number of nitrogens with one attached hydrogen (secondary N) is 1. The van der Waals surface area contributed by atoms with Crippen LogP contribution < -0.4 is 5.32 Å². The summed E-state index contributed by atoms with van der Waals surface area (Å²) < 4.78 is 0.849. The third kappa shape index (κ3) is 3.96. The molecule has 1 heterocycles. The molecule has 0 fully saturated rings. The first kappa shape index (κ1) is 13.9. The molecular formula is C15H17BrN2O. The van der Waals surface area contributed by atoms with Crippen molar-refractivity contribution >= 4 is 21.6 Å². The molecule has 1 aromatic carbocycles. The quantitative estimate of drug-likeness (QED) is 0.840. The molecule has 1 aromatic heterocycles. The number of aromatic hydroxyl groups is 1. The average molecular weight is 321 g/mol. The first-order valence-corrected chi connectivity index (χ1v) is 7.01. The molecule has 2 N–H and O–H groups in total. The van der Waals surface area contributed by atoms with Gasteiger partial charge in [0.05, 0.1) is 11.4 Å². The minimum Gasteiger partial charge on any atom is -0.508 e. The second-order valence-electron chi connectivity index (χ2n) is 4.68. The molecule has 0 bridgehead atoms. The van der Waals surface area contributed by atoms with E-state index in [-0.39, 0.29) is 0 Å². The van der Waals surface area contributed by atoms with Crippen molar-refractivity contribution in [1.82, 2.24) is 4.98 Å². The number of aryl methyl sites for hydroxylation is 1. The van der Waals surface area contributed by atoms with Gasteiger partial charge < -0.3 is 10.4 Å². The molecule has 0 aliphatic rings. The Balaban J connectivity index is 2.01. The summed E-state index contributed by atoms with van der Waals surface area (Å²) in [6.07, 6.45) is 0.899. The molecular weight excluding hydrogens is 304 g/mol. The molecule has 0 radical (unpaired) electrons. The first-order valence-electron chi connectivity index (χ1n) is 6.22. The molecule has 19 heavy (non-hydrogen) atoms. The Morgan fingerprint density at radius 2 is 1.89 bits per heavy atom. The Labute approximate surface area is 121 Å². The highest BCUT2D eigenvalue weighted by Crippen LogP contribution is 2.18. The smallest absolute Gasteiger partial charge is 0.115 e. The van der Waals surface area contributed by atoms with Crippen LogP contribution in [-0.2, 0) is 6.42 Å². The lowest BCUT2D eigenvalue weighted by atomic mass is 10.1. The molecule has 2 rings (SSSR count). The van der Waals surface area contributed by atoms with Crippen LogP contribution in [0, 0.1) is 6.92 Å². The van der Waals surface area contributed by atoms with E-state index in [0.717, 1.165) is 22.4 Å². The van der Waals surface area contributed by atoms with Gasteiger partial charge in [-0.1, -0.05) is 12.1 Å². The van der Waals surface area contributed by atoms with Gasteiger partial charge in [0.15, 0.2) is 0 Å². The van der Waals surface area contributed by atoms with Gasteiger partial charge >= 0.3 is 0 Å². The predicted molar refractivity (Wildman–Crippen MR) is 81.6 cm³/mol. The van der Waals surface area contributed by atoms with Crippen molar-refractivity contribution in [3.63, 3.8) is 0 Å². The number of benzene rings is 1. The minimum absolute atomic E-state index is 0.297. The van der Waals surface area contributed by atoms with Crippen LogP contribution in [0.15, 0.2) is 41.0 Å². The fraction of sp³-hybridized carbons (Fsp3) is 0.267. The largest absolute Gasteiger partial charge is 0.508 e. The van der Waals surface area contributed by atoms with Crippen molar-refractivity contribution in [1.29, 1.82) is 0 Å². The molecule has 3 nitrogen and oxygen atoms in total. The van der Waals surface area contributed by atoms with Gasteiger partial charge in [-0.3, -0.25) is 0 Å². The summed E-state index contributed by atoms with van der Waals surface area (Å²) in [7, 11) is 0. The van der Waals surface area contributed by atoms with E-state index in [2.05, 4.69) is 33.2 Å². The van der Waals surface area contributed by atoms with Gasteiger partial charge in [0.1, 0.15) is 10.4 Å². The number of phenolic OH excluding ortho intramolecular Hbond substituents is 1.